The first-order valence-electron chi connectivity index (χ1n) is 8.52. The van der Waals surface area contributed by atoms with Crippen LogP contribution in [0.4, 0.5) is 5.69 Å². The summed E-state index contributed by atoms with van der Waals surface area (Å²) in [6.07, 6.45) is -0.00755. The van der Waals surface area contributed by atoms with Crippen LogP contribution in [0.2, 0.25) is 5.02 Å². The number of amides is 2. The zero-order valence-electron chi connectivity index (χ0n) is 14.8. The summed E-state index contributed by atoms with van der Waals surface area (Å²) in [5, 5.41) is 12.6. The number of aryl methyl sites for hydroxylation is 1. The second kappa shape index (κ2) is 7.28. The van der Waals surface area contributed by atoms with Gasteiger partial charge < -0.3 is 9.84 Å². The van der Waals surface area contributed by atoms with Gasteiger partial charge in [-0.25, -0.2) is 0 Å². The van der Waals surface area contributed by atoms with E-state index in [2.05, 4.69) is 15.6 Å². The van der Waals surface area contributed by atoms with Crippen molar-refractivity contribution in [2.45, 2.75) is 13.3 Å². The molecule has 0 bridgehead atoms. The molecule has 0 aliphatic carbocycles. The molecule has 1 aliphatic heterocycles. The van der Waals surface area contributed by atoms with E-state index in [4.69, 9.17) is 16.1 Å². The first-order valence-corrected chi connectivity index (χ1v) is 8.90. The molecule has 1 N–H and O–H groups in total. The van der Waals surface area contributed by atoms with Gasteiger partial charge in [-0.05, 0) is 25.1 Å². The number of carbonyl (C=O) groups excluding carboxylic acids is 2. The van der Waals surface area contributed by atoms with Crippen molar-refractivity contribution in [1.29, 1.82) is 0 Å². The number of hydrazone groups is 1. The maximum atomic E-state index is 12.9. The van der Waals surface area contributed by atoms with E-state index in [1.165, 1.54) is 5.01 Å². The number of nitrogens with zero attached hydrogens (tertiary/aromatic N) is 3. The van der Waals surface area contributed by atoms with Crippen molar-refractivity contribution in [2.24, 2.45) is 5.10 Å². The fraction of sp³-hybridized carbons (Fsp3) is 0.100. The zero-order chi connectivity index (χ0) is 19.7. The predicted octanol–water partition coefficient (Wildman–Crippen LogP) is 3.78. The molecule has 0 atom stereocenters. The Morgan fingerprint density at radius 3 is 2.61 bits per heavy atom. The number of anilines is 1. The molecule has 1 aliphatic rings. The summed E-state index contributed by atoms with van der Waals surface area (Å²) in [6.45, 7) is 1.64. The lowest BCUT2D eigenvalue weighted by Gasteiger charge is -2.10. The van der Waals surface area contributed by atoms with Crippen molar-refractivity contribution < 1.29 is 14.1 Å². The lowest BCUT2D eigenvalue weighted by molar-refractivity contribution is -0.116. The summed E-state index contributed by atoms with van der Waals surface area (Å²) >= 11 is 6.23. The van der Waals surface area contributed by atoms with Crippen molar-refractivity contribution in [3.8, 4) is 11.3 Å². The van der Waals surface area contributed by atoms with Crippen LogP contribution in [0.25, 0.3) is 11.3 Å². The predicted molar refractivity (Wildman–Crippen MR) is 105 cm³/mol. The van der Waals surface area contributed by atoms with E-state index in [9.17, 15) is 9.59 Å². The minimum Gasteiger partial charge on any atom is -0.360 e. The highest BCUT2D eigenvalue weighted by Crippen LogP contribution is 2.31. The first kappa shape index (κ1) is 17.9. The smallest absolute Gasteiger partial charge is 0.262 e. The van der Waals surface area contributed by atoms with Crippen LogP contribution in [0.3, 0.4) is 0 Å². The van der Waals surface area contributed by atoms with E-state index < -0.39 is 5.91 Å². The van der Waals surface area contributed by atoms with Gasteiger partial charge in [0.1, 0.15) is 22.9 Å². The normalized spacial score (nSPS) is 13.6. The maximum Gasteiger partial charge on any atom is 0.262 e. The number of nitrogens with one attached hydrogen (secondary N) is 1. The van der Waals surface area contributed by atoms with Crippen molar-refractivity contribution in [1.82, 2.24) is 10.5 Å². The number of hydrogen-bond donors (Lipinski definition) is 1. The summed E-state index contributed by atoms with van der Waals surface area (Å²) in [5.74, 6) is -0.0909. The molecular formula is C20H15ClN4O3. The molecule has 0 saturated heterocycles. The molecule has 0 fully saturated rings. The SMILES string of the molecule is Cc1onc(-c2ccccc2Cl)c1C(=O)NC1=NN(c2ccccc2)C(=O)C1. The van der Waals surface area contributed by atoms with Gasteiger partial charge in [0.05, 0.1) is 17.1 Å². The van der Waals surface area contributed by atoms with Crippen molar-refractivity contribution >= 4 is 34.9 Å². The largest absolute Gasteiger partial charge is 0.360 e. The average Bonchev–Trinajstić information content (AvgIpc) is 3.25. The van der Waals surface area contributed by atoms with Crippen LogP contribution in [0.5, 0.6) is 0 Å². The number of amidine groups is 1. The molecule has 0 unspecified atom stereocenters. The number of para-hydroxylation sites is 1. The molecule has 7 nitrogen and oxygen atoms in total. The lowest BCUT2D eigenvalue weighted by Crippen LogP contribution is -2.30. The molecule has 3 aromatic rings. The van der Waals surface area contributed by atoms with Gasteiger partial charge in [-0.2, -0.15) is 10.1 Å². The highest BCUT2D eigenvalue weighted by atomic mass is 35.5. The highest BCUT2D eigenvalue weighted by Gasteiger charge is 2.29. The van der Waals surface area contributed by atoms with E-state index in [0.717, 1.165) is 0 Å². The Kier molecular flexibility index (Phi) is 4.67. The molecule has 0 saturated carbocycles. The third-order valence-corrected chi connectivity index (χ3v) is 4.58. The van der Waals surface area contributed by atoms with Crippen LogP contribution < -0.4 is 10.3 Å². The van der Waals surface area contributed by atoms with E-state index in [-0.39, 0.29) is 23.7 Å². The molecule has 0 spiro atoms. The van der Waals surface area contributed by atoms with Gasteiger partial charge in [-0.1, -0.05) is 53.2 Å². The number of carbonyl (C=O) groups is 2. The average molecular weight is 395 g/mol. The quantitative estimate of drug-likeness (QED) is 0.732. The lowest BCUT2D eigenvalue weighted by atomic mass is 10.1. The van der Waals surface area contributed by atoms with E-state index in [1.54, 1.807) is 43.3 Å². The molecule has 2 aromatic carbocycles. The van der Waals surface area contributed by atoms with Crippen molar-refractivity contribution in [3.05, 3.63) is 70.9 Å². The molecule has 2 heterocycles. The summed E-state index contributed by atoms with van der Waals surface area (Å²) < 4.78 is 5.22. The summed E-state index contributed by atoms with van der Waals surface area (Å²) in [4.78, 5) is 25.1. The Balaban J connectivity index is 1.61. The van der Waals surface area contributed by atoms with Gasteiger partial charge >= 0.3 is 0 Å². The van der Waals surface area contributed by atoms with Crippen LogP contribution in [-0.2, 0) is 4.79 Å². The monoisotopic (exact) mass is 394 g/mol. The van der Waals surface area contributed by atoms with Gasteiger partial charge in [-0.15, -0.1) is 0 Å². The zero-order valence-corrected chi connectivity index (χ0v) is 15.6. The standard InChI is InChI=1S/C20H15ClN4O3/c1-12-18(19(24-28-12)14-9-5-6-10-15(14)21)20(27)22-16-11-17(26)25(23-16)13-7-3-2-4-8-13/h2-10H,11H2,1H3,(H,22,23,27). The fourth-order valence-electron chi connectivity index (χ4n) is 2.94. The van der Waals surface area contributed by atoms with Gasteiger partial charge in [0.2, 0.25) is 0 Å². The summed E-state index contributed by atoms with van der Waals surface area (Å²) in [5.41, 5.74) is 1.81. The Bertz CT molecular complexity index is 1090. The number of halogens is 1. The second-order valence-electron chi connectivity index (χ2n) is 6.16. The topological polar surface area (TPSA) is 87.8 Å². The maximum absolute atomic E-state index is 12.9. The van der Waals surface area contributed by atoms with E-state index >= 15 is 0 Å². The number of hydrogen-bond acceptors (Lipinski definition) is 5. The molecule has 0 radical (unpaired) electrons. The fourth-order valence-corrected chi connectivity index (χ4v) is 3.17. The second-order valence-corrected chi connectivity index (χ2v) is 6.57. The Labute approximate surface area is 165 Å². The van der Waals surface area contributed by atoms with Crippen LogP contribution in [0, 0.1) is 6.92 Å². The summed E-state index contributed by atoms with van der Waals surface area (Å²) in [7, 11) is 0. The first-order chi connectivity index (χ1) is 13.5. The Morgan fingerprint density at radius 2 is 1.86 bits per heavy atom. The Morgan fingerprint density at radius 1 is 1.14 bits per heavy atom. The molecule has 28 heavy (non-hydrogen) atoms. The third-order valence-electron chi connectivity index (χ3n) is 4.25. The molecule has 1 aromatic heterocycles. The van der Waals surface area contributed by atoms with Gasteiger partial charge in [0.25, 0.3) is 11.8 Å². The summed E-state index contributed by atoms with van der Waals surface area (Å²) in [6, 6.07) is 16.1. The van der Waals surface area contributed by atoms with Crippen LogP contribution >= 0.6 is 11.6 Å². The minimum atomic E-state index is -0.463. The minimum absolute atomic E-state index is 0.00755. The molecular weight excluding hydrogens is 380 g/mol. The van der Waals surface area contributed by atoms with Gasteiger partial charge in [-0.3, -0.25) is 9.59 Å². The van der Waals surface area contributed by atoms with Crippen LogP contribution in [0.1, 0.15) is 22.5 Å². The molecule has 8 heteroatoms. The molecule has 4 rings (SSSR count). The van der Waals surface area contributed by atoms with Crippen LogP contribution in [-0.4, -0.2) is 22.8 Å². The number of benzene rings is 2. The number of rotatable bonds is 3. The Hall–Kier alpha value is -3.45. The number of aromatic nitrogens is 1. The van der Waals surface area contributed by atoms with Crippen molar-refractivity contribution in [2.75, 3.05) is 5.01 Å². The molecule has 140 valence electrons. The van der Waals surface area contributed by atoms with Crippen molar-refractivity contribution in [3.63, 3.8) is 0 Å². The van der Waals surface area contributed by atoms with E-state index in [0.29, 0.717) is 27.7 Å². The van der Waals surface area contributed by atoms with E-state index in [1.807, 2.05) is 18.2 Å². The van der Waals surface area contributed by atoms with Gasteiger partial charge in [0, 0.05) is 5.56 Å². The highest BCUT2D eigenvalue weighted by molar-refractivity contribution is 6.33. The van der Waals surface area contributed by atoms with Crippen LogP contribution in [0.15, 0.2) is 64.2 Å². The third kappa shape index (κ3) is 3.27. The van der Waals surface area contributed by atoms with Gasteiger partial charge in [0.15, 0.2) is 0 Å². The molecule has 2 amide bonds.